The number of halogens is 3. The Morgan fingerprint density at radius 3 is 2.38 bits per heavy atom. The van der Waals surface area contributed by atoms with Crippen LogP contribution in [0.15, 0.2) is 65.1 Å². The molecule has 32 heavy (non-hydrogen) atoms. The molecular formula is C23H24F2INO4S. The maximum Gasteiger partial charge on any atom is 0.376 e. The van der Waals surface area contributed by atoms with Crippen molar-refractivity contribution < 1.29 is 26.7 Å². The van der Waals surface area contributed by atoms with Crippen molar-refractivity contribution in [3.05, 3.63) is 71.3 Å². The summed E-state index contributed by atoms with van der Waals surface area (Å²) in [4.78, 5) is 11.9. The molecule has 0 bridgehead atoms. The van der Waals surface area contributed by atoms with Crippen molar-refractivity contribution in [2.75, 3.05) is 19.7 Å². The molecule has 0 saturated carbocycles. The molecule has 5 nitrogen and oxygen atoms in total. The molecule has 0 aromatic heterocycles. The first-order valence-corrected chi connectivity index (χ1v) is 12.6. The molecule has 1 fully saturated rings. The molecule has 0 amide bonds. The highest BCUT2D eigenvalue weighted by Gasteiger charge is 2.47. The van der Waals surface area contributed by atoms with E-state index >= 15 is 0 Å². The van der Waals surface area contributed by atoms with Crippen molar-refractivity contribution in [3.8, 4) is 0 Å². The third-order valence-corrected chi connectivity index (χ3v) is 8.45. The lowest BCUT2D eigenvalue weighted by molar-refractivity contribution is -0.173. The summed E-state index contributed by atoms with van der Waals surface area (Å²) < 4.78 is 62.1. The summed E-state index contributed by atoms with van der Waals surface area (Å²) in [5.74, 6) is -6.14. The summed E-state index contributed by atoms with van der Waals surface area (Å²) in [5, 5.41) is 0. The van der Waals surface area contributed by atoms with E-state index in [2.05, 4.69) is 27.3 Å². The fourth-order valence-electron chi connectivity index (χ4n) is 3.62. The maximum atomic E-state index is 14.6. The fraction of sp³-hybridized carbons (Fsp3) is 0.348. The van der Waals surface area contributed by atoms with Crippen LogP contribution in [-0.2, 0) is 19.6 Å². The Bertz CT molecular complexity index is 1100. The number of carbonyl (C=O) groups is 1. The Balaban J connectivity index is 1.99. The van der Waals surface area contributed by atoms with Crippen LogP contribution in [0.2, 0.25) is 0 Å². The normalized spacial score (nSPS) is 19.1. The molecule has 1 unspecified atom stereocenters. The van der Waals surface area contributed by atoms with Gasteiger partial charge in [-0.05, 0) is 59.7 Å². The number of ether oxygens (including phenoxy) is 1. The van der Waals surface area contributed by atoms with Gasteiger partial charge in [0.2, 0.25) is 10.0 Å². The topological polar surface area (TPSA) is 63.7 Å². The Kier molecular flexibility index (Phi) is 7.72. The number of benzene rings is 2. The highest BCUT2D eigenvalue weighted by atomic mass is 127. The Hall–Kier alpha value is -1.85. The third kappa shape index (κ3) is 5.37. The van der Waals surface area contributed by atoms with Crippen LogP contribution in [0, 0.1) is 12.8 Å². The van der Waals surface area contributed by atoms with Crippen LogP contribution < -0.4 is 0 Å². The number of aryl methyl sites for hydroxylation is 1. The number of rotatable bonds is 7. The van der Waals surface area contributed by atoms with Gasteiger partial charge in [0, 0.05) is 29.0 Å². The zero-order valence-corrected chi connectivity index (χ0v) is 20.7. The molecule has 3 rings (SSSR count). The SMILES string of the molecule is CCOC(=O)C(F)(F)CC1CN(S(=O)(=O)c2ccc(C)cc2)C/C1=C(\I)c1ccccc1. The van der Waals surface area contributed by atoms with Gasteiger partial charge in [0.15, 0.2) is 0 Å². The van der Waals surface area contributed by atoms with Gasteiger partial charge in [-0.3, -0.25) is 0 Å². The van der Waals surface area contributed by atoms with Crippen molar-refractivity contribution in [2.24, 2.45) is 5.92 Å². The molecule has 0 aliphatic carbocycles. The first kappa shape index (κ1) is 24.8. The molecule has 1 aliphatic rings. The second kappa shape index (κ2) is 9.96. The minimum atomic E-state index is -3.89. The molecule has 1 heterocycles. The lowest BCUT2D eigenvalue weighted by atomic mass is 9.93. The second-order valence-corrected chi connectivity index (χ2v) is 10.7. The van der Waals surface area contributed by atoms with E-state index in [4.69, 9.17) is 0 Å². The van der Waals surface area contributed by atoms with E-state index < -0.39 is 34.3 Å². The molecule has 2 aromatic carbocycles. The number of hydrogen-bond acceptors (Lipinski definition) is 4. The van der Waals surface area contributed by atoms with Crippen molar-refractivity contribution in [2.45, 2.75) is 31.1 Å². The molecule has 0 spiro atoms. The van der Waals surface area contributed by atoms with Gasteiger partial charge in [0.25, 0.3) is 0 Å². The average Bonchev–Trinajstić information content (AvgIpc) is 3.18. The first-order chi connectivity index (χ1) is 15.1. The molecule has 1 aliphatic heterocycles. The summed E-state index contributed by atoms with van der Waals surface area (Å²) in [6.45, 7) is 3.00. The Labute approximate surface area is 200 Å². The predicted octanol–water partition coefficient (Wildman–Crippen LogP) is 5.05. The van der Waals surface area contributed by atoms with E-state index in [1.165, 1.54) is 23.4 Å². The highest BCUT2D eigenvalue weighted by molar-refractivity contribution is 14.1. The molecule has 1 saturated heterocycles. The Morgan fingerprint density at radius 2 is 1.78 bits per heavy atom. The fourth-order valence-corrected chi connectivity index (χ4v) is 6.05. The first-order valence-electron chi connectivity index (χ1n) is 10.1. The van der Waals surface area contributed by atoms with E-state index in [-0.39, 0.29) is 24.6 Å². The van der Waals surface area contributed by atoms with Gasteiger partial charge >= 0.3 is 11.9 Å². The van der Waals surface area contributed by atoms with E-state index in [1.54, 1.807) is 12.1 Å². The molecule has 0 radical (unpaired) electrons. The summed E-state index contributed by atoms with van der Waals surface area (Å²) >= 11 is 2.06. The zero-order valence-electron chi connectivity index (χ0n) is 17.7. The van der Waals surface area contributed by atoms with Crippen LogP contribution in [0.25, 0.3) is 3.58 Å². The number of nitrogens with zero attached hydrogens (tertiary/aromatic N) is 1. The Morgan fingerprint density at radius 1 is 1.16 bits per heavy atom. The molecule has 172 valence electrons. The van der Waals surface area contributed by atoms with Crippen LogP contribution in [0.5, 0.6) is 0 Å². The number of carbonyl (C=O) groups excluding carboxylic acids is 1. The van der Waals surface area contributed by atoms with Gasteiger partial charge < -0.3 is 4.74 Å². The zero-order chi connectivity index (χ0) is 23.5. The van der Waals surface area contributed by atoms with Crippen molar-refractivity contribution in [1.82, 2.24) is 4.31 Å². The van der Waals surface area contributed by atoms with Crippen LogP contribution in [0.4, 0.5) is 8.78 Å². The summed E-state index contributed by atoms with van der Waals surface area (Å²) in [6.07, 6.45) is -0.819. The summed E-state index contributed by atoms with van der Waals surface area (Å²) in [5.41, 5.74) is 2.29. The molecular weight excluding hydrogens is 551 g/mol. The highest BCUT2D eigenvalue weighted by Crippen LogP contribution is 2.41. The number of esters is 1. The predicted molar refractivity (Wildman–Crippen MR) is 127 cm³/mol. The van der Waals surface area contributed by atoms with Crippen LogP contribution in [0.3, 0.4) is 0 Å². The quantitative estimate of drug-likeness (QED) is 0.343. The van der Waals surface area contributed by atoms with Crippen LogP contribution in [0.1, 0.15) is 24.5 Å². The third-order valence-electron chi connectivity index (χ3n) is 5.31. The minimum absolute atomic E-state index is 0.0209. The van der Waals surface area contributed by atoms with Gasteiger partial charge in [-0.2, -0.15) is 13.1 Å². The van der Waals surface area contributed by atoms with Crippen molar-refractivity contribution in [3.63, 3.8) is 0 Å². The van der Waals surface area contributed by atoms with Gasteiger partial charge in [-0.15, -0.1) is 0 Å². The number of sulfonamides is 1. The summed E-state index contributed by atoms with van der Waals surface area (Å²) in [7, 11) is -3.89. The van der Waals surface area contributed by atoms with Gasteiger partial charge in [0.1, 0.15) is 0 Å². The lowest BCUT2D eigenvalue weighted by Gasteiger charge is -2.20. The van der Waals surface area contributed by atoms with Gasteiger partial charge in [0.05, 0.1) is 11.5 Å². The number of hydrogen-bond donors (Lipinski definition) is 0. The molecule has 2 aromatic rings. The minimum Gasteiger partial charge on any atom is -0.462 e. The van der Waals surface area contributed by atoms with E-state index in [0.717, 1.165) is 11.1 Å². The average molecular weight is 575 g/mol. The monoisotopic (exact) mass is 575 g/mol. The van der Waals surface area contributed by atoms with E-state index in [9.17, 15) is 22.0 Å². The number of alkyl halides is 2. The molecule has 9 heteroatoms. The van der Waals surface area contributed by atoms with Crippen LogP contribution >= 0.6 is 22.6 Å². The second-order valence-electron chi connectivity index (χ2n) is 7.64. The van der Waals surface area contributed by atoms with Crippen LogP contribution in [-0.4, -0.2) is 44.3 Å². The lowest BCUT2D eigenvalue weighted by Crippen LogP contribution is -2.35. The smallest absolute Gasteiger partial charge is 0.376 e. The van der Waals surface area contributed by atoms with E-state index in [0.29, 0.717) is 9.15 Å². The molecule has 0 N–H and O–H groups in total. The van der Waals surface area contributed by atoms with Gasteiger partial charge in [-0.1, -0.05) is 48.0 Å². The van der Waals surface area contributed by atoms with Crippen molar-refractivity contribution in [1.29, 1.82) is 0 Å². The maximum absolute atomic E-state index is 14.6. The van der Waals surface area contributed by atoms with Crippen molar-refractivity contribution >= 4 is 42.2 Å². The van der Waals surface area contributed by atoms with Gasteiger partial charge in [-0.25, -0.2) is 13.2 Å². The molecule has 1 atom stereocenters. The largest absolute Gasteiger partial charge is 0.462 e. The standard InChI is InChI=1S/C23H24F2INO4S/c1-3-31-22(28)23(24,25)13-18-14-27(32(29,30)19-11-9-16(2)10-12-19)15-20(18)21(26)17-7-5-4-6-8-17/h4-12,18H,3,13-15H2,1-2H3/b21-20+. The van der Waals surface area contributed by atoms with E-state index in [1.807, 2.05) is 37.3 Å². The summed E-state index contributed by atoms with van der Waals surface area (Å²) in [6, 6.07) is 15.6.